The molecule has 2 aliphatic heterocycles. The lowest BCUT2D eigenvalue weighted by atomic mass is 10.0. The zero-order chi connectivity index (χ0) is 20.5. The Hall–Kier alpha value is -2.76. The van der Waals surface area contributed by atoms with E-state index in [0.717, 1.165) is 61.1 Å². The lowest BCUT2D eigenvalue weighted by Gasteiger charge is -2.28. The van der Waals surface area contributed by atoms with E-state index in [1.54, 1.807) is 0 Å². The summed E-state index contributed by atoms with van der Waals surface area (Å²) in [5, 5.41) is 1.96. The summed E-state index contributed by atoms with van der Waals surface area (Å²) in [5.41, 5.74) is 6.92. The Kier molecular flexibility index (Phi) is 5.23. The zero-order valence-electron chi connectivity index (χ0n) is 17.1. The first kappa shape index (κ1) is 19.2. The highest BCUT2D eigenvalue weighted by Gasteiger charge is 2.16. The fourth-order valence-electron chi connectivity index (χ4n) is 4.21. The number of halogens is 1. The average Bonchev–Trinajstić information content (AvgIpc) is 3.17. The van der Waals surface area contributed by atoms with Crippen LogP contribution < -0.4 is 4.90 Å². The molecule has 1 saturated heterocycles. The molecule has 30 heavy (non-hydrogen) atoms. The van der Waals surface area contributed by atoms with Crippen LogP contribution in [0, 0.1) is 6.92 Å². The lowest BCUT2D eigenvalue weighted by molar-refractivity contribution is 0.122. The molecule has 0 saturated carbocycles. The summed E-state index contributed by atoms with van der Waals surface area (Å²) in [6.07, 6.45) is 10.6. The minimum atomic E-state index is 0.772. The largest absolute Gasteiger partial charge is 0.378 e. The monoisotopic (exact) mass is 420 g/mol. The third-order valence-electron chi connectivity index (χ3n) is 5.70. The number of hydrogen-bond donors (Lipinski definition) is 1. The molecule has 1 aromatic carbocycles. The second kappa shape index (κ2) is 8.17. The van der Waals surface area contributed by atoms with Crippen molar-refractivity contribution in [1.82, 2.24) is 14.9 Å². The summed E-state index contributed by atoms with van der Waals surface area (Å²) in [4.78, 5) is 12.6. The molecule has 0 unspecified atom stereocenters. The Balaban J connectivity index is 1.35. The van der Waals surface area contributed by atoms with E-state index in [9.17, 15) is 0 Å². The molecule has 1 fully saturated rings. The minimum Gasteiger partial charge on any atom is -0.378 e. The number of hydrogen-bond acceptors (Lipinski definition) is 4. The van der Waals surface area contributed by atoms with E-state index in [4.69, 9.17) is 16.3 Å². The number of nitrogens with zero attached hydrogens (tertiary/aromatic N) is 3. The van der Waals surface area contributed by atoms with Gasteiger partial charge in [-0.25, -0.2) is 4.98 Å². The number of aromatic nitrogens is 2. The number of ether oxygens (including phenoxy) is 1. The van der Waals surface area contributed by atoms with E-state index in [2.05, 4.69) is 63.4 Å². The van der Waals surface area contributed by atoms with Crippen LogP contribution in [0.1, 0.15) is 16.7 Å². The van der Waals surface area contributed by atoms with Crippen LogP contribution in [0.3, 0.4) is 0 Å². The number of nitrogens with one attached hydrogen (secondary N) is 1. The highest BCUT2D eigenvalue weighted by Crippen LogP contribution is 2.30. The Bertz CT molecular complexity index is 1110. The predicted octanol–water partition coefficient (Wildman–Crippen LogP) is 4.77. The van der Waals surface area contributed by atoms with Crippen LogP contribution in [0.15, 0.2) is 55.0 Å². The van der Waals surface area contributed by atoms with Gasteiger partial charge in [0.15, 0.2) is 0 Å². The molecule has 2 aliphatic rings. The van der Waals surface area contributed by atoms with Gasteiger partial charge in [0.05, 0.1) is 25.1 Å². The molecule has 2 aromatic heterocycles. The zero-order valence-corrected chi connectivity index (χ0v) is 17.8. The van der Waals surface area contributed by atoms with Gasteiger partial charge in [0.25, 0.3) is 0 Å². The van der Waals surface area contributed by atoms with Crippen LogP contribution in [0.2, 0.25) is 5.02 Å². The highest BCUT2D eigenvalue weighted by atomic mass is 35.5. The number of morpholine rings is 1. The molecule has 0 atom stereocenters. The summed E-state index contributed by atoms with van der Waals surface area (Å²) in [6, 6.07) is 8.47. The Morgan fingerprint density at radius 2 is 2.03 bits per heavy atom. The van der Waals surface area contributed by atoms with Crippen molar-refractivity contribution >= 4 is 33.9 Å². The molecule has 0 bridgehead atoms. The maximum atomic E-state index is 6.21. The van der Waals surface area contributed by atoms with Crippen molar-refractivity contribution in [2.45, 2.75) is 13.5 Å². The van der Waals surface area contributed by atoms with E-state index in [0.29, 0.717) is 0 Å². The summed E-state index contributed by atoms with van der Waals surface area (Å²) < 4.78 is 5.48. The molecular formula is C24H25ClN4O. The third-order valence-corrected chi connectivity index (χ3v) is 5.92. The number of aryl methyl sites for hydroxylation is 1. The quantitative estimate of drug-likeness (QED) is 0.660. The van der Waals surface area contributed by atoms with Gasteiger partial charge < -0.3 is 19.5 Å². The van der Waals surface area contributed by atoms with Gasteiger partial charge in [-0.3, -0.25) is 0 Å². The molecule has 0 aliphatic carbocycles. The van der Waals surface area contributed by atoms with Crippen LogP contribution in [-0.2, 0) is 11.3 Å². The van der Waals surface area contributed by atoms with Crippen molar-refractivity contribution in [3.63, 3.8) is 0 Å². The number of pyridine rings is 1. The third kappa shape index (κ3) is 3.95. The van der Waals surface area contributed by atoms with E-state index >= 15 is 0 Å². The molecule has 6 heteroatoms. The summed E-state index contributed by atoms with van der Waals surface area (Å²) >= 11 is 6.21. The maximum Gasteiger partial charge on any atom is 0.138 e. The standard InChI is InChI=1S/C24H25ClN4O/c1-17-10-18(12-20(25)11-17)16-28-4-2-19(3-5-28)23-15-27-24-22(23)13-21(14-26-24)29-6-8-30-9-7-29/h2-4,10-15H,5-9,16H2,1H3,(H,26,27). The predicted molar refractivity (Wildman–Crippen MR) is 123 cm³/mol. The molecule has 5 nitrogen and oxygen atoms in total. The Labute approximate surface area is 181 Å². The molecular weight excluding hydrogens is 396 g/mol. The molecule has 0 spiro atoms. The molecule has 4 heterocycles. The van der Waals surface area contributed by atoms with Crippen molar-refractivity contribution in [2.75, 3.05) is 37.7 Å². The van der Waals surface area contributed by atoms with Gasteiger partial charge in [-0.05, 0) is 47.9 Å². The second-order valence-corrected chi connectivity index (χ2v) is 8.37. The second-order valence-electron chi connectivity index (χ2n) is 7.93. The maximum absolute atomic E-state index is 6.21. The first-order chi connectivity index (χ1) is 14.7. The van der Waals surface area contributed by atoms with Gasteiger partial charge in [0, 0.05) is 54.5 Å². The first-order valence-corrected chi connectivity index (χ1v) is 10.7. The van der Waals surface area contributed by atoms with E-state index in [-0.39, 0.29) is 0 Å². The van der Waals surface area contributed by atoms with Crippen LogP contribution in [0.5, 0.6) is 0 Å². The molecule has 3 aromatic rings. The fraction of sp³-hybridized carbons (Fsp3) is 0.292. The molecule has 1 N–H and O–H groups in total. The van der Waals surface area contributed by atoms with Gasteiger partial charge in [0.2, 0.25) is 0 Å². The Morgan fingerprint density at radius 3 is 2.80 bits per heavy atom. The number of anilines is 1. The average molecular weight is 421 g/mol. The molecule has 0 radical (unpaired) electrons. The van der Waals surface area contributed by atoms with Crippen molar-refractivity contribution in [1.29, 1.82) is 0 Å². The Morgan fingerprint density at radius 1 is 1.17 bits per heavy atom. The minimum absolute atomic E-state index is 0.772. The van der Waals surface area contributed by atoms with Crippen molar-refractivity contribution in [3.8, 4) is 0 Å². The van der Waals surface area contributed by atoms with Crippen LogP contribution in [0.25, 0.3) is 16.6 Å². The number of rotatable bonds is 4. The smallest absolute Gasteiger partial charge is 0.138 e. The van der Waals surface area contributed by atoms with Crippen molar-refractivity contribution in [3.05, 3.63) is 76.7 Å². The van der Waals surface area contributed by atoms with Gasteiger partial charge in [-0.1, -0.05) is 23.7 Å². The number of benzene rings is 1. The van der Waals surface area contributed by atoms with Crippen LogP contribution in [0.4, 0.5) is 5.69 Å². The van der Waals surface area contributed by atoms with Gasteiger partial charge >= 0.3 is 0 Å². The lowest BCUT2D eigenvalue weighted by Crippen LogP contribution is -2.36. The summed E-state index contributed by atoms with van der Waals surface area (Å²) in [7, 11) is 0. The SMILES string of the molecule is Cc1cc(Cl)cc(CN2C=CC(c3c[nH]c4ncc(N5CCOCC5)cc34)=CC2)c1. The molecule has 0 amide bonds. The van der Waals surface area contributed by atoms with Crippen molar-refractivity contribution < 1.29 is 4.74 Å². The number of aromatic amines is 1. The number of fused-ring (bicyclic) bond motifs is 1. The fourth-order valence-corrected chi connectivity index (χ4v) is 4.52. The van der Waals surface area contributed by atoms with Crippen molar-refractivity contribution in [2.24, 2.45) is 0 Å². The molecule has 154 valence electrons. The number of H-pyrrole nitrogens is 1. The van der Waals surface area contributed by atoms with Crippen LogP contribution in [-0.4, -0.2) is 47.7 Å². The normalized spacial score (nSPS) is 16.9. The van der Waals surface area contributed by atoms with E-state index < -0.39 is 0 Å². The number of allylic oxidation sites excluding steroid dienone is 2. The van der Waals surface area contributed by atoms with E-state index in [1.165, 1.54) is 22.3 Å². The van der Waals surface area contributed by atoms with Gasteiger partial charge in [-0.15, -0.1) is 0 Å². The van der Waals surface area contributed by atoms with Crippen LogP contribution >= 0.6 is 11.6 Å². The van der Waals surface area contributed by atoms with Gasteiger partial charge in [-0.2, -0.15) is 0 Å². The van der Waals surface area contributed by atoms with E-state index in [1.807, 2.05) is 18.3 Å². The highest BCUT2D eigenvalue weighted by molar-refractivity contribution is 6.30. The topological polar surface area (TPSA) is 44.4 Å². The summed E-state index contributed by atoms with van der Waals surface area (Å²) in [5.74, 6) is 0. The molecule has 5 rings (SSSR count). The van der Waals surface area contributed by atoms with Gasteiger partial charge in [0.1, 0.15) is 5.65 Å². The first-order valence-electron chi connectivity index (χ1n) is 10.3. The summed E-state index contributed by atoms with van der Waals surface area (Å²) in [6.45, 7) is 7.15.